The number of benzene rings is 1. The topological polar surface area (TPSA) is 15.3 Å². The maximum absolute atomic E-state index is 6.12. The van der Waals surface area contributed by atoms with Crippen molar-refractivity contribution in [1.82, 2.24) is 10.2 Å². The molecule has 0 fully saturated rings. The highest BCUT2D eigenvalue weighted by molar-refractivity contribution is 6.30. The fraction of sp³-hybridized carbons (Fsp3) is 0.667. The van der Waals surface area contributed by atoms with Gasteiger partial charge in [0.25, 0.3) is 0 Å². The Morgan fingerprint density at radius 1 is 1.10 bits per heavy atom. The first-order valence-corrected chi connectivity index (χ1v) is 8.56. The molecule has 21 heavy (non-hydrogen) atoms. The van der Waals surface area contributed by atoms with Crippen LogP contribution in [0.2, 0.25) is 5.02 Å². The third-order valence-corrected chi connectivity index (χ3v) is 4.72. The second-order valence-electron chi connectivity index (χ2n) is 6.03. The van der Waals surface area contributed by atoms with E-state index in [1.165, 1.54) is 18.4 Å². The summed E-state index contributed by atoms with van der Waals surface area (Å²) in [5.41, 5.74) is 1.28. The van der Waals surface area contributed by atoms with Gasteiger partial charge in [-0.05, 0) is 44.1 Å². The molecule has 0 aliphatic rings. The van der Waals surface area contributed by atoms with Crippen LogP contribution in [0.5, 0.6) is 0 Å². The minimum absolute atomic E-state index is 0.375. The van der Waals surface area contributed by atoms with Gasteiger partial charge in [0.15, 0.2) is 0 Å². The first kappa shape index (κ1) is 18.5. The molecule has 0 bridgehead atoms. The zero-order valence-corrected chi connectivity index (χ0v) is 15.0. The second kappa shape index (κ2) is 9.45. The van der Waals surface area contributed by atoms with Crippen LogP contribution >= 0.6 is 11.6 Å². The maximum Gasteiger partial charge on any atom is 0.0409 e. The fourth-order valence-corrected chi connectivity index (χ4v) is 3.29. The van der Waals surface area contributed by atoms with Crippen LogP contribution in [0, 0.1) is 5.92 Å². The fourth-order valence-electron chi connectivity index (χ4n) is 3.09. The smallest absolute Gasteiger partial charge is 0.0409 e. The van der Waals surface area contributed by atoms with Gasteiger partial charge in [0, 0.05) is 23.7 Å². The molecule has 0 saturated carbocycles. The van der Waals surface area contributed by atoms with E-state index in [1.54, 1.807) is 0 Å². The van der Waals surface area contributed by atoms with E-state index in [0.717, 1.165) is 23.9 Å². The quantitative estimate of drug-likeness (QED) is 0.708. The number of hydrogen-bond donors (Lipinski definition) is 1. The van der Waals surface area contributed by atoms with Crippen LogP contribution in [-0.2, 0) is 0 Å². The van der Waals surface area contributed by atoms with E-state index in [0.29, 0.717) is 12.1 Å². The van der Waals surface area contributed by atoms with Crippen LogP contribution in [0.25, 0.3) is 0 Å². The SMILES string of the molecule is CCC(NCC(C(CC)CC)N(C)C)c1cccc(Cl)c1. The van der Waals surface area contributed by atoms with Crippen molar-refractivity contribution in [2.75, 3.05) is 20.6 Å². The molecule has 0 aliphatic heterocycles. The summed E-state index contributed by atoms with van der Waals surface area (Å²) >= 11 is 6.12. The van der Waals surface area contributed by atoms with Gasteiger partial charge in [-0.2, -0.15) is 0 Å². The van der Waals surface area contributed by atoms with Crippen LogP contribution in [0.3, 0.4) is 0 Å². The lowest BCUT2D eigenvalue weighted by Crippen LogP contribution is -2.43. The molecule has 2 unspecified atom stereocenters. The van der Waals surface area contributed by atoms with Crippen LogP contribution in [0.4, 0.5) is 0 Å². The predicted octanol–water partition coefficient (Wildman–Crippen LogP) is 4.75. The van der Waals surface area contributed by atoms with Crippen molar-refractivity contribution in [3.05, 3.63) is 34.9 Å². The summed E-state index contributed by atoms with van der Waals surface area (Å²) in [6, 6.07) is 9.16. The normalized spacial score (nSPS) is 14.7. The number of likely N-dealkylation sites (N-methyl/N-ethyl adjacent to an activating group) is 1. The number of nitrogens with zero attached hydrogens (tertiary/aromatic N) is 1. The monoisotopic (exact) mass is 310 g/mol. The molecule has 0 amide bonds. The third-order valence-electron chi connectivity index (χ3n) is 4.49. The molecule has 1 N–H and O–H groups in total. The average molecular weight is 311 g/mol. The third kappa shape index (κ3) is 5.61. The highest BCUT2D eigenvalue weighted by Crippen LogP contribution is 2.22. The van der Waals surface area contributed by atoms with Crippen molar-refractivity contribution in [3.8, 4) is 0 Å². The van der Waals surface area contributed by atoms with Gasteiger partial charge in [0.2, 0.25) is 0 Å². The summed E-state index contributed by atoms with van der Waals surface area (Å²) < 4.78 is 0. The molecule has 1 rings (SSSR count). The van der Waals surface area contributed by atoms with Crippen molar-refractivity contribution in [2.45, 2.75) is 52.1 Å². The number of nitrogens with one attached hydrogen (secondary N) is 1. The summed E-state index contributed by atoms with van der Waals surface area (Å²) in [5, 5.41) is 4.56. The Kier molecular flexibility index (Phi) is 8.31. The Morgan fingerprint density at radius 3 is 2.24 bits per heavy atom. The molecule has 0 spiro atoms. The summed E-state index contributed by atoms with van der Waals surface area (Å²) in [7, 11) is 4.37. The Hall–Kier alpha value is -0.570. The minimum Gasteiger partial charge on any atom is -0.308 e. The standard InChI is InChI=1S/C18H31ClN2/c1-6-14(7-2)18(21(4)5)13-20-17(8-3)15-10-9-11-16(19)12-15/h9-12,14,17-18,20H,6-8,13H2,1-5H3. The molecular formula is C18H31ClN2. The molecule has 1 aromatic carbocycles. The van der Waals surface area contributed by atoms with Crippen molar-refractivity contribution in [2.24, 2.45) is 5.92 Å². The van der Waals surface area contributed by atoms with Gasteiger partial charge in [0.05, 0.1) is 0 Å². The van der Waals surface area contributed by atoms with Crippen LogP contribution in [0.15, 0.2) is 24.3 Å². The van der Waals surface area contributed by atoms with E-state index in [1.807, 2.05) is 12.1 Å². The number of hydrogen-bond acceptors (Lipinski definition) is 2. The van der Waals surface area contributed by atoms with E-state index < -0.39 is 0 Å². The molecule has 0 heterocycles. The van der Waals surface area contributed by atoms with Gasteiger partial charge in [-0.3, -0.25) is 0 Å². The van der Waals surface area contributed by atoms with Gasteiger partial charge in [-0.1, -0.05) is 57.3 Å². The lowest BCUT2D eigenvalue weighted by atomic mass is 9.92. The summed E-state index contributed by atoms with van der Waals surface area (Å²) in [5.74, 6) is 0.740. The molecule has 120 valence electrons. The molecule has 2 atom stereocenters. The van der Waals surface area contributed by atoms with Crippen molar-refractivity contribution >= 4 is 11.6 Å². The molecule has 0 radical (unpaired) electrons. The molecule has 0 aromatic heterocycles. The Labute approximate surface area is 135 Å². The maximum atomic E-state index is 6.12. The largest absolute Gasteiger partial charge is 0.308 e. The highest BCUT2D eigenvalue weighted by atomic mass is 35.5. The highest BCUT2D eigenvalue weighted by Gasteiger charge is 2.21. The minimum atomic E-state index is 0.375. The van der Waals surface area contributed by atoms with Crippen molar-refractivity contribution in [1.29, 1.82) is 0 Å². The molecular weight excluding hydrogens is 280 g/mol. The van der Waals surface area contributed by atoms with E-state index in [9.17, 15) is 0 Å². The van der Waals surface area contributed by atoms with Gasteiger partial charge < -0.3 is 10.2 Å². The predicted molar refractivity (Wildman–Crippen MR) is 94.0 cm³/mol. The Balaban J connectivity index is 2.72. The first-order valence-electron chi connectivity index (χ1n) is 8.18. The lowest BCUT2D eigenvalue weighted by molar-refractivity contribution is 0.189. The van der Waals surface area contributed by atoms with E-state index >= 15 is 0 Å². The molecule has 0 aliphatic carbocycles. The van der Waals surface area contributed by atoms with Gasteiger partial charge >= 0.3 is 0 Å². The summed E-state index contributed by atoms with van der Waals surface area (Å²) in [6.07, 6.45) is 3.54. The van der Waals surface area contributed by atoms with Crippen molar-refractivity contribution in [3.63, 3.8) is 0 Å². The van der Waals surface area contributed by atoms with E-state index in [4.69, 9.17) is 11.6 Å². The van der Waals surface area contributed by atoms with Gasteiger partial charge in [-0.25, -0.2) is 0 Å². The number of rotatable bonds is 9. The Bertz CT molecular complexity index is 402. The van der Waals surface area contributed by atoms with Crippen LogP contribution in [-0.4, -0.2) is 31.6 Å². The molecule has 0 saturated heterocycles. The first-order chi connectivity index (χ1) is 10.0. The van der Waals surface area contributed by atoms with Crippen LogP contribution in [0.1, 0.15) is 51.6 Å². The zero-order chi connectivity index (χ0) is 15.8. The van der Waals surface area contributed by atoms with Crippen molar-refractivity contribution < 1.29 is 0 Å². The Morgan fingerprint density at radius 2 is 1.76 bits per heavy atom. The number of halogens is 1. The molecule has 2 nitrogen and oxygen atoms in total. The van der Waals surface area contributed by atoms with Crippen LogP contribution < -0.4 is 5.32 Å². The summed E-state index contributed by atoms with van der Waals surface area (Å²) in [6.45, 7) is 7.82. The van der Waals surface area contributed by atoms with E-state index in [2.05, 4.69) is 57.2 Å². The molecule has 3 heteroatoms. The molecule has 1 aromatic rings. The summed E-state index contributed by atoms with van der Waals surface area (Å²) in [4.78, 5) is 2.36. The zero-order valence-electron chi connectivity index (χ0n) is 14.2. The second-order valence-corrected chi connectivity index (χ2v) is 6.47. The lowest BCUT2D eigenvalue weighted by Gasteiger charge is -2.33. The van der Waals surface area contributed by atoms with E-state index in [-0.39, 0.29) is 0 Å². The van der Waals surface area contributed by atoms with Gasteiger partial charge in [0.1, 0.15) is 0 Å². The average Bonchev–Trinajstić information content (AvgIpc) is 2.46. The van der Waals surface area contributed by atoms with Gasteiger partial charge in [-0.15, -0.1) is 0 Å².